The molecule has 4 N–H and O–H groups in total. The zero-order valence-corrected chi connectivity index (χ0v) is 14.8. The van der Waals surface area contributed by atoms with Gasteiger partial charge in [-0.05, 0) is 31.7 Å². The van der Waals surface area contributed by atoms with Crippen molar-refractivity contribution in [3.63, 3.8) is 0 Å². The molecule has 0 aromatic carbocycles. The minimum Gasteiger partial charge on any atom is -0.368 e. The molecule has 128 valence electrons. The van der Waals surface area contributed by atoms with E-state index >= 15 is 0 Å². The van der Waals surface area contributed by atoms with Crippen LogP contribution in [-0.4, -0.2) is 33.6 Å². The van der Waals surface area contributed by atoms with Crippen molar-refractivity contribution >= 4 is 45.1 Å². The third-order valence-corrected chi connectivity index (χ3v) is 6.03. The maximum absolute atomic E-state index is 12.3. The Balaban J connectivity index is 1.63. The van der Waals surface area contributed by atoms with E-state index in [1.165, 1.54) is 23.6 Å². The summed E-state index contributed by atoms with van der Waals surface area (Å²) in [7, 11) is 0. The van der Waals surface area contributed by atoms with E-state index in [2.05, 4.69) is 15.3 Å². The number of hydrogen-bond acceptors (Lipinski definition) is 6. The molecule has 9 heteroatoms. The van der Waals surface area contributed by atoms with Gasteiger partial charge in [-0.3, -0.25) is 14.4 Å². The number of nitrogens with one attached hydrogen (secondary N) is 2. The Kier molecular flexibility index (Phi) is 4.91. The Morgan fingerprint density at radius 1 is 1.46 bits per heavy atom. The third-order valence-electron chi connectivity index (χ3n) is 3.90. The Morgan fingerprint density at radius 2 is 2.25 bits per heavy atom. The number of carbonyl (C=O) groups is 2. The highest BCUT2D eigenvalue weighted by Crippen LogP contribution is 2.34. The first kappa shape index (κ1) is 17.0. The van der Waals surface area contributed by atoms with Crippen LogP contribution in [0.1, 0.15) is 29.6 Å². The lowest BCUT2D eigenvalue weighted by Gasteiger charge is -2.09. The standard InChI is InChI=1S/C15H18N4O3S2/c1-7(13(16)21)17-11(20)6-23-5-10-18-14(22)12-8-3-2-4-9(8)24-15(12)19-10/h7H,2-6H2,1H3,(H2,16,21)(H,17,20)(H,18,19,22). The summed E-state index contributed by atoms with van der Waals surface area (Å²) >= 11 is 2.92. The summed E-state index contributed by atoms with van der Waals surface area (Å²) in [5.41, 5.74) is 6.15. The van der Waals surface area contributed by atoms with Gasteiger partial charge in [-0.25, -0.2) is 4.98 Å². The van der Waals surface area contributed by atoms with E-state index in [4.69, 9.17) is 5.73 Å². The number of thiophene rings is 1. The average Bonchev–Trinajstić information content (AvgIpc) is 3.07. The van der Waals surface area contributed by atoms with Crippen molar-refractivity contribution in [2.75, 3.05) is 5.75 Å². The maximum atomic E-state index is 12.3. The molecule has 3 rings (SSSR count). The Labute approximate surface area is 146 Å². The normalized spacial score (nSPS) is 14.5. The molecule has 1 unspecified atom stereocenters. The lowest BCUT2D eigenvalue weighted by molar-refractivity contribution is -0.125. The van der Waals surface area contributed by atoms with Gasteiger partial charge in [0.25, 0.3) is 5.56 Å². The quantitative estimate of drug-likeness (QED) is 0.695. The van der Waals surface area contributed by atoms with Crippen LogP contribution in [-0.2, 0) is 28.2 Å². The van der Waals surface area contributed by atoms with Crippen molar-refractivity contribution in [1.82, 2.24) is 15.3 Å². The zero-order chi connectivity index (χ0) is 17.3. The summed E-state index contributed by atoms with van der Waals surface area (Å²) in [6.45, 7) is 1.54. The highest BCUT2D eigenvalue weighted by molar-refractivity contribution is 7.99. The molecule has 0 saturated carbocycles. The monoisotopic (exact) mass is 366 g/mol. The minimum atomic E-state index is -0.694. The topological polar surface area (TPSA) is 118 Å². The van der Waals surface area contributed by atoms with Crippen LogP contribution in [0.15, 0.2) is 4.79 Å². The van der Waals surface area contributed by atoms with Crippen molar-refractivity contribution in [1.29, 1.82) is 0 Å². The Bertz CT molecular complexity index is 858. The van der Waals surface area contributed by atoms with E-state index in [1.54, 1.807) is 11.3 Å². The molecule has 2 heterocycles. The molecule has 0 saturated heterocycles. The van der Waals surface area contributed by atoms with Crippen molar-refractivity contribution in [3.8, 4) is 0 Å². The fraction of sp³-hybridized carbons (Fsp3) is 0.467. The van der Waals surface area contributed by atoms with Gasteiger partial charge in [0.15, 0.2) is 0 Å². The van der Waals surface area contributed by atoms with Gasteiger partial charge in [0.05, 0.1) is 16.9 Å². The number of aromatic nitrogens is 2. The molecule has 0 radical (unpaired) electrons. The molecule has 2 aromatic rings. The molecule has 24 heavy (non-hydrogen) atoms. The fourth-order valence-electron chi connectivity index (χ4n) is 2.71. The molecular formula is C15H18N4O3S2. The molecular weight excluding hydrogens is 348 g/mol. The number of aromatic amines is 1. The number of thioether (sulfide) groups is 1. The fourth-order valence-corrected chi connectivity index (χ4v) is 4.69. The van der Waals surface area contributed by atoms with Crippen LogP contribution in [0.25, 0.3) is 10.2 Å². The zero-order valence-electron chi connectivity index (χ0n) is 13.2. The lowest BCUT2D eigenvalue weighted by Crippen LogP contribution is -2.42. The molecule has 0 fully saturated rings. The number of hydrogen-bond donors (Lipinski definition) is 3. The highest BCUT2D eigenvalue weighted by atomic mass is 32.2. The van der Waals surface area contributed by atoms with E-state index < -0.39 is 11.9 Å². The summed E-state index contributed by atoms with van der Waals surface area (Å²) in [6.07, 6.45) is 3.08. The summed E-state index contributed by atoms with van der Waals surface area (Å²) in [6, 6.07) is -0.694. The SMILES string of the molecule is CC(NC(=O)CSCc1nc2sc3c(c2c(=O)[nH]1)CCC3)C(N)=O. The van der Waals surface area contributed by atoms with Gasteiger partial charge in [-0.1, -0.05) is 0 Å². The van der Waals surface area contributed by atoms with Crippen molar-refractivity contribution in [2.45, 2.75) is 38.0 Å². The highest BCUT2D eigenvalue weighted by Gasteiger charge is 2.21. The molecule has 0 bridgehead atoms. The van der Waals surface area contributed by atoms with E-state index in [0.717, 1.165) is 35.0 Å². The van der Waals surface area contributed by atoms with E-state index in [0.29, 0.717) is 11.6 Å². The van der Waals surface area contributed by atoms with E-state index in [9.17, 15) is 14.4 Å². The number of primary amides is 1. The van der Waals surface area contributed by atoms with Crippen molar-refractivity contribution < 1.29 is 9.59 Å². The predicted octanol–water partition coefficient (Wildman–Crippen LogP) is 0.697. The Morgan fingerprint density at radius 3 is 3.00 bits per heavy atom. The minimum absolute atomic E-state index is 0.0956. The number of nitrogens with zero attached hydrogens (tertiary/aromatic N) is 1. The smallest absolute Gasteiger partial charge is 0.259 e. The van der Waals surface area contributed by atoms with Gasteiger partial charge in [0.2, 0.25) is 11.8 Å². The second-order valence-electron chi connectivity index (χ2n) is 5.73. The number of rotatable bonds is 6. The second-order valence-corrected chi connectivity index (χ2v) is 7.80. The largest absolute Gasteiger partial charge is 0.368 e. The van der Waals surface area contributed by atoms with Gasteiger partial charge in [-0.15, -0.1) is 23.1 Å². The first-order valence-electron chi connectivity index (χ1n) is 7.65. The van der Waals surface area contributed by atoms with Gasteiger partial charge >= 0.3 is 0 Å². The van der Waals surface area contributed by atoms with Crippen LogP contribution in [0, 0.1) is 0 Å². The van der Waals surface area contributed by atoms with Crippen LogP contribution in [0.3, 0.4) is 0 Å². The van der Waals surface area contributed by atoms with Crippen LogP contribution in [0.4, 0.5) is 0 Å². The second kappa shape index (κ2) is 6.94. The first-order valence-corrected chi connectivity index (χ1v) is 9.62. The molecule has 1 aliphatic carbocycles. The number of nitrogens with two attached hydrogens (primary N) is 1. The van der Waals surface area contributed by atoms with Gasteiger partial charge in [0.1, 0.15) is 16.7 Å². The van der Waals surface area contributed by atoms with Crippen LogP contribution in [0.2, 0.25) is 0 Å². The van der Waals surface area contributed by atoms with Crippen molar-refractivity contribution in [2.24, 2.45) is 5.73 Å². The number of aryl methyl sites for hydroxylation is 2. The molecule has 1 aliphatic rings. The number of H-pyrrole nitrogens is 1. The van der Waals surface area contributed by atoms with E-state index in [1.807, 2.05) is 0 Å². The summed E-state index contributed by atoms with van der Waals surface area (Å²) < 4.78 is 0. The van der Waals surface area contributed by atoms with E-state index in [-0.39, 0.29) is 17.2 Å². The predicted molar refractivity (Wildman–Crippen MR) is 95.2 cm³/mol. The molecule has 2 amide bonds. The van der Waals surface area contributed by atoms with Gasteiger partial charge < -0.3 is 16.0 Å². The molecule has 0 aliphatic heterocycles. The summed E-state index contributed by atoms with van der Waals surface area (Å²) in [5, 5.41) is 3.24. The van der Waals surface area contributed by atoms with Crippen LogP contribution in [0.5, 0.6) is 0 Å². The number of amides is 2. The first-order chi connectivity index (χ1) is 11.5. The average molecular weight is 366 g/mol. The third kappa shape index (κ3) is 3.46. The molecule has 0 spiro atoms. The van der Waals surface area contributed by atoms with Gasteiger partial charge in [0, 0.05) is 4.88 Å². The Hall–Kier alpha value is -1.87. The lowest BCUT2D eigenvalue weighted by atomic mass is 10.2. The maximum Gasteiger partial charge on any atom is 0.259 e. The number of carbonyl (C=O) groups excluding carboxylic acids is 2. The van der Waals surface area contributed by atoms with Crippen LogP contribution < -0.4 is 16.6 Å². The molecule has 1 atom stereocenters. The summed E-state index contributed by atoms with van der Waals surface area (Å²) in [5.74, 6) is 0.306. The molecule has 7 nitrogen and oxygen atoms in total. The summed E-state index contributed by atoms with van der Waals surface area (Å²) in [4.78, 5) is 44.3. The number of fused-ring (bicyclic) bond motifs is 3. The molecule has 2 aromatic heterocycles. The van der Waals surface area contributed by atoms with Gasteiger partial charge in [-0.2, -0.15) is 0 Å². The van der Waals surface area contributed by atoms with Crippen LogP contribution >= 0.6 is 23.1 Å². The van der Waals surface area contributed by atoms with Crippen molar-refractivity contribution in [3.05, 3.63) is 26.6 Å².